The lowest BCUT2D eigenvalue weighted by Crippen LogP contribution is -2.58. The molecule has 15 nitrogen and oxygen atoms in total. The van der Waals surface area contributed by atoms with Gasteiger partial charge in [0.25, 0.3) is 0 Å². The first kappa shape index (κ1) is 41.4. The van der Waals surface area contributed by atoms with Crippen molar-refractivity contribution in [1.82, 2.24) is 15.1 Å². The molecule has 10 atom stereocenters. The Morgan fingerprint density at radius 1 is 0.811 bits per heavy atom. The third kappa shape index (κ3) is 11.9. The summed E-state index contributed by atoms with van der Waals surface area (Å²) in [6.45, 7) is 7.23. The summed E-state index contributed by atoms with van der Waals surface area (Å²) < 4.78 is 28.5. The second-order valence-corrected chi connectivity index (χ2v) is 15.1. The van der Waals surface area contributed by atoms with Gasteiger partial charge < -0.3 is 64.5 Å². The molecule has 3 aliphatic heterocycles. The van der Waals surface area contributed by atoms with Crippen molar-refractivity contribution in [2.45, 2.75) is 107 Å². The van der Waals surface area contributed by atoms with Crippen LogP contribution in [0, 0.1) is 0 Å². The first-order chi connectivity index (χ1) is 25.3. The second kappa shape index (κ2) is 19.2. The summed E-state index contributed by atoms with van der Waals surface area (Å²) in [4.78, 5) is 16.1. The largest absolute Gasteiger partial charge is 0.444 e. The van der Waals surface area contributed by atoms with Gasteiger partial charge >= 0.3 is 6.09 Å². The highest BCUT2D eigenvalue weighted by molar-refractivity contribution is 5.67. The molecule has 3 aliphatic rings. The molecule has 3 saturated heterocycles. The van der Waals surface area contributed by atoms with Crippen molar-refractivity contribution < 1.29 is 59.1 Å². The number of aliphatic hydroxyl groups is 6. The topological polar surface area (TPSA) is 203 Å². The number of hydrogen-bond acceptors (Lipinski definition) is 14. The van der Waals surface area contributed by atoms with E-state index in [1.165, 1.54) is 0 Å². The van der Waals surface area contributed by atoms with Gasteiger partial charge in [-0.2, -0.15) is 0 Å². The first-order valence-corrected chi connectivity index (χ1v) is 18.4. The number of nitrogens with one attached hydrogen (secondary N) is 1. The Bertz CT molecular complexity index is 1300. The minimum absolute atomic E-state index is 0.110. The molecule has 296 valence electrons. The van der Waals surface area contributed by atoms with Crippen LogP contribution in [0.2, 0.25) is 0 Å². The van der Waals surface area contributed by atoms with Crippen molar-refractivity contribution in [2.75, 3.05) is 52.5 Å². The van der Waals surface area contributed by atoms with Crippen LogP contribution >= 0.6 is 0 Å². The molecular formula is C38H57N3O12. The van der Waals surface area contributed by atoms with Gasteiger partial charge in [0.15, 0.2) is 12.6 Å². The van der Waals surface area contributed by atoms with Gasteiger partial charge in [0.2, 0.25) is 0 Å². The average molecular weight is 748 g/mol. The maximum Gasteiger partial charge on any atom is 0.407 e. The van der Waals surface area contributed by atoms with Crippen molar-refractivity contribution in [1.29, 1.82) is 0 Å². The van der Waals surface area contributed by atoms with Crippen LogP contribution in [-0.4, -0.2) is 159 Å². The summed E-state index contributed by atoms with van der Waals surface area (Å²) in [5.41, 5.74) is 0.800. The summed E-state index contributed by atoms with van der Waals surface area (Å²) in [6, 6.07) is 18.0. The number of carbonyl (C=O) groups is 1. The summed E-state index contributed by atoms with van der Waals surface area (Å²) in [7, 11) is 0. The van der Waals surface area contributed by atoms with Gasteiger partial charge in [-0.05, 0) is 46.7 Å². The summed E-state index contributed by atoms with van der Waals surface area (Å²) in [6.07, 6.45) is -11.6. The van der Waals surface area contributed by atoms with E-state index in [1.807, 2.05) is 41.3 Å². The van der Waals surface area contributed by atoms with Crippen molar-refractivity contribution in [3.63, 3.8) is 0 Å². The van der Waals surface area contributed by atoms with Gasteiger partial charge in [0.05, 0.1) is 25.4 Å². The molecule has 53 heavy (non-hydrogen) atoms. The number of nitrogens with zero attached hydrogens (tertiary/aromatic N) is 2. The summed E-state index contributed by atoms with van der Waals surface area (Å²) >= 11 is 0. The van der Waals surface area contributed by atoms with Crippen molar-refractivity contribution >= 4 is 6.09 Å². The monoisotopic (exact) mass is 747 g/mol. The highest BCUT2D eigenvalue weighted by Gasteiger charge is 2.43. The van der Waals surface area contributed by atoms with E-state index in [0.29, 0.717) is 50.1 Å². The highest BCUT2D eigenvalue weighted by Crippen LogP contribution is 2.31. The standard InChI is InChI=1S/C38H57N3O12/c1-38(2,3)53-37(48)39-16-19-40-17-14-26(15-18-40)41(20-27(42)31(46)33-29(44)22-49-35(51-33)24-10-6-4-7-11-24)21-28(43)32(47)34-30(45)23-50-36(52-34)25-12-8-5-9-13-25/h4-13,26-36,42-47H,14-23H2,1-3H3,(H,39,48)/t27-,28-,29+,30+,31+,32+,33+,34+,35?,36?/m0/s1. The average Bonchev–Trinajstić information content (AvgIpc) is 3.14. The normalized spacial score (nSPS) is 28.6. The molecule has 5 rings (SSSR count). The fourth-order valence-corrected chi connectivity index (χ4v) is 6.94. The van der Waals surface area contributed by atoms with E-state index in [1.54, 1.807) is 45.0 Å². The van der Waals surface area contributed by atoms with Crippen molar-refractivity contribution in [2.24, 2.45) is 0 Å². The van der Waals surface area contributed by atoms with Gasteiger partial charge in [0, 0.05) is 43.3 Å². The summed E-state index contributed by atoms with van der Waals surface area (Å²) in [5, 5.41) is 69.8. The van der Waals surface area contributed by atoms with E-state index in [-0.39, 0.29) is 32.3 Å². The van der Waals surface area contributed by atoms with Crippen LogP contribution in [0.15, 0.2) is 60.7 Å². The van der Waals surface area contributed by atoms with Crippen LogP contribution in [0.4, 0.5) is 4.79 Å². The molecule has 0 spiro atoms. The SMILES string of the molecule is CC(C)(C)OC(=O)NCCN1CCC(N(C[C@H](O)[C@@H](O)[C@@H]2OC(c3ccccc3)OC[C@H]2O)C[C@H](O)[C@@H](O)[C@@H]2OC(c3ccccc3)OC[C@H]2O)CC1. The maximum absolute atomic E-state index is 12.1. The molecule has 2 aromatic carbocycles. The molecular weight excluding hydrogens is 690 g/mol. The van der Waals surface area contributed by atoms with Crippen molar-refractivity contribution in [3.8, 4) is 0 Å². The molecule has 3 fully saturated rings. The van der Waals surface area contributed by atoms with E-state index in [9.17, 15) is 35.4 Å². The highest BCUT2D eigenvalue weighted by atomic mass is 16.7. The van der Waals surface area contributed by atoms with E-state index >= 15 is 0 Å². The maximum atomic E-state index is 12.1. The number of hydrogen-bond donors (Lipinski definition) is 7. The molecule has 15 heteroatoms. The molecule has 0 aliphatic carbocycles. The van der Waals surface area contributed by atoms with Crippen LogP contribution in [-0.2, 0) is 23.7 Å². The number of alkyl carbamates (subject to hydrolysis) is 1. The summed E-state index contributed by atoms with van der Waals surface area (Å²) in [5.74, 6) is 0. The van der Waals surface area contributed by atoms with Gasteiger partial charge in [-0.3, -0.25) is 4.90 Å². The molecule has 1 amide bonds. The Morgan fingerprint density at radius 2 is 1.26 bits per heavy atom. The number of carbonyl (C=O) groups excluding carboxylic acids is 1. The minimum atomic E-state index is -1.52. The molecule has 7 N–H and O–H groups in total. The van der Waals surface area contributed by atoms with E-state index in [4.69, 9.17) is 23.7 Å². The predicted octanol–water partition coefficient (Wildman–Crippen LogP) is 0.671. The lowest BCUT2D eigenvalue weighted by Gasteiger charge is -2.43. The van der Waals surface area contributed by atoms with Crippen LogP contribution in [0.25, 0.3) is 0 Å². The third-order valence-electron chi connectivity index (χ3n) is 9.77. The number of piperidine rings is 1. The molecule has 0 aromatic heterocycles. The Labute approximate surface area is 311 Å². The molecule has 2 aromatic rings. The predicted molar refractivity (Wildman–Crippen MR) is 191 cm³/mol. The Morgan fingerprint density at radius 3 is 1.70 bits per heavy atom. The number of likely N-dealkylation sites (tertiary alicyclic amines) is 1. The minimum Gasteiger partial charge on any atom is -0.444 e. The number of ether oxygens (including phenoxy) is 5. The molecule has 2 unspecified atom stereocenters. The molecule has 0 radical (unpaired) electrons. The van der Waals surface area contributed by atoms with Crippen molar-refractivity contribution in [3.05, 3.63) is 71.8 Å². The van der Waals surface area contributed by atoms with E-state index in [2.05, 4.69) is 10.2 Å². The number of rotatable bonds is 14. The number of benzene rings is 2. The Hall–Kier alpha value is -2.77. The van der Waals surface area contributed by atoms with Gasteiger partial charge in [-0.1, -0.05) is 60.7 Å². The van der Waals surface area contributed by atoms with E-state index in [0.717, 1.165) is 0 Å². The van der Waals surface area contributed by atoms with E-state index < -0.39 is 73.1 Å². The fraction of sp³-hybridized carbons (Fsp3) is 0.658. The quantitative estimate of drug-likeness (QED) is 0.142. The second-order valence-electron chi connectivity index (χ2n) is 15.1. The van der Waals surface area contributed by atoms with Crippen LogP contribution in [0.5, 0.6) is 0 Å². The van der Waals surface area contributed by atoms with Crippen LogP contribution < -0.4 is 5.32 Å². The van der Waals surface area contributed by atoms with Gasteiger partial charge in [0.1, 0.15) is 42.2 Å². The molecule has 0 bridgehead atoms. The lowest BCUT2D eigenvalue weighted by atomic mass is 9.96. The van der Waals surface area contributed by atoms with Crippen LogP contribution in [0.1, 0.15) is 57.3 Å². The molecule has 3 heterocycles. The lowest BCUT2D eigenvalue weighted by molar-refractivity contribution is -0.285. The fourth-order valence-electron chi connectivity index (χ4n) is 6.94. The van der Waals surface area contributed by atoms with Gasteiger partial charge in [-0.25, -0.2) is 4.79 Å². The zero-order chi connectivity index (χ0) is 38.1. The number of aliphatic hydroxyl groups excluding tert-OH is 6. The zero-order valence-corrected chi connectivity index (χ0v) is 30.7. The number of amides is 1. The first-order valence-electron chi connectivity index (χ1n) is 18.4. The molecule has 0 saturated carbocycles. The zero-order valence-electron chi connectivity index (χ0n) is 30.7. The Kier molecular flexibility index (Phi) is 15.0. The Balaban J connectivity index is 1.24. The van der Waals surface area contributed by atoms with Crippen LogP contribution in [0.3, 0.4) is 0 Å². The van der Waals surface area contributed by atoms with Gasteiger partial charge in [-0.15, -0.1) is 0 Å². The third-order valence-corrected chi connectivity index (χ3v) is 9.77. The smallest absolute Gasteiger partial charge is 0.407 e.